The molecule has 25 heavy (non-hydrogen) atoms. The molecule has 0 aliphatic heterocycles. The molecule has 0 spiro atoms. The van der Waals surface area contributed by atoms with Crippen LogP contribution in [0.4, 0.5) is 0 Å². The summed E-state index contributed by atoms with van der Waals surface area (Å²) >= 11 is 1.44. The summed E-state index contributed by atoms with van der Waals surface area (Å²) in [5.74, 6) is 1.24. The summed E-state index contributed by atoms with van der Waals surface area (Å²) < 4.78 is 1.95. The molecule has 6 heteroatoms. The van der Waals surface area contributed by atoms with Gasteiger partial charge in [-0.05, 0) is 57.1 Å². The van der Waals surface area contributed by atoms with E-state index in [4.69, 9.17) is 0 Å². The van der Waals surface area contributed by atoms with Crippen LogP contribution in [0.3, 0.4) is 0 Å². The summed E-state index contributed by atoms with van der Waals surface area (Å²) in [5.41, 5.74) is 3.45. The van der Waals surface area contributed by atoms with E-state index in [1.807, 2.05) is 4.57 Å². The number of hydrogen-bond donors (Lipinski definition) is 1. The fourth-order valence-corrected chi connectivity index (χ4v) is 4.10. The van der Waals surface area contributed by atoms with E-state index in [9.17, 15) is 4.79 Å². The minimum Gasteiger partial charge on any atom is -0.353 e. The van der Waals surface area contributed by atoms with Gasteiger partial charge in [0.25, 0.3) is 0 Å². The van der Waals surface area contributed by atoms with Crippen molar-refractivity contribution in [3.05, 3.63) is 35.7 Å². The number of carbonyl (C=O) groups excluding carboxylic acids is 1. The van der Waals surface area contributed by atoms with Crippen LogP contribution in [0.1, 0.15) is 43.7 Å². The highest BCUT2D eigenvalue weighted by Crippen LogP contribution is 2.25. The van der Waals surface area contributed by atoms with Crippen molar-refractivity contribution in [2.75, 3.05) is 5.75 Å². The smallest absolute Gasteiger partial charge is 0.230 e. The second-order valence-electron chi connectivity index (χ2n) is 7.09. The molecule has 1 N–H and O–H groups in total. The van der Waals surface area contributed by atoms with Crippen LogP contribution in [-0.2, 0) is 4.79 Å². The molecule has 0 unspecified atom stereocenters. The van der Waals surface area contributed by atoms with E-state index in [0.717, 1.165) is 29.6 Å². The van der Waals surface area contributed by atoms with Crippen molar-refractivity contribution in [3.8, 4) is 5.69 Å². The standard InChI is InChI=1S/C19H26N4OS/c1-13-4-7-16(8-5-13)21-18(24)11-25-19-22-20-12-23(19)17-9-6-14(2)10-15(17)3/h6,9-10,12-13,16H,4-5,7-8,11H2,1-3H3,(H,21,24). The third-order valence-electron chi connectivity index (χ3n) is 4.84. The molecule has 2 aromatic rings. The zero-order valence-electron chi connectivity index (χ0n) is 15.2. The first kappa shape index (κ1) is 18.0. The van der Waals surface area contributed by atoms with Crippen LogP contribution < -0.4 is 5.32 Å². The fraction of sp³-hybridized carbons (Fsp3) is 0.526. The lowest BCUT2D eigenvalue weighted by Crippen LogP contribution is -2.38. The second kappa shape index (κ2) is 8.04. The maximum atomic E-state index is 12.3. The summed E-state index contributed by atoms with van der Waals surface area (Å²) in [5, 5.41) is 12.1. The third kappa shape index (κ3) is 4.63. The molecule has 1 aliphatic carbocycles. The van der Waals surface area contributed by atoms with Crippen LogP contribution in [0.2, 0.25) is 0 Å². The molecule has 1 aromatic carbocycles. The average Bonchev–Trinajstić information content (AvgIpc) is 3.03. The summed E-state index contributed by atoms with van der Waals surface area (Å²) in [6.45, 7) is 6.44. The highest BCUT2D eigenvalue weighted by atomic mass is 32.2. The highest BCUT2D eigenvalue weighted by molar-refractivity contribution is 7.99. The van der Waals surface area contributed by atoms with Gasteiger partial charge >= 0.3 is 0 Å². The van der Waals surface area contributed by atoms with Gasteiger partial charge in [-0.1, -0.05) is 36.4 Å². The minimum atomic E-state index is 0.0831. The Labute approximate surface area is 153 Å². The number of benzene rings is 1. The zero-order chi connectivity index (χ0) is 17.8. The number of aryl methyl sites for hydroxylation is 2. The van der Waals surface area contributed by atoms with Crippen molar-refractivity contribution < 1.29 is 4.79 Å². The quantitative estimate of drug-likeness (QED) is 0.829. The number of rotatable bonds is 5. The minimum absolute atomic E-state index is 0.0831. The summed E-state index contributed by atoms with van der Waals surface area (Å²) in [7, 11) is 0. The number of amides is 1. The lowest BCUT2D eigenvalue weighted by atomic mass is 9.87. The monoisotopic (exact) mass is 358 g/mol. The number of carbonyl (C=O) groups is 1. The lowest BCUT2D eigenvalue weighted by molar-refractivity contribution is -0.119. The zero-order valence-corrected chi connectivity index (χ0v) is 16.0. The van der Waals surface area contributed by atoms with Crippen LogP contribution in [0.25, 0.3) is 5.69 Å². The van der Waals surface area contributed by atoms with Crippen LogP contribution in [0, 0.1) is 19.8 Å². The molecule has 134 valence electrons. The number of nitrogens with one attached hydrogen (secondary N) is 1. The maximum absolute atomic E-state index is 12.3. The SMILES string of the molecule is Cc1ccc(-n2cnnc2SCC(=O)NC2CCC(C)CC2)c(C)c1. The molecular formula is C19H26N4OS. The van der Waals surface area contributed by atoms with Crippen LogP contribution in [0.15, 0.2) is 29.7 Å². The van der Waals surface area contributed by atoms with E-state index < -0.39 is 0 Å². The number of thioether (sulfide) groups is 1. The molecule has 5 nitrogen and oxygen atoms in total. The Kier molecular flexibility index (Phi) is 5.78. The molecule has 0 radical (unpaired) electrons. The van der Waals surface area contributed by atoms with E-state index in [1.54, 1.807) is 6.33 Å². The molecule has 1 aromatic heterocycles. The Bertz CT molecular complexity index is 735. The average molecular weight is 359 g/mol. The van der Waals surface area contributed by atoms with Gasteiger partial charge in [-0.3, -0.25) is 9.36 Å². The van der Waals surface area contributed by atoms with Crippen molar-refractivity contribution in [2.45, 2.75) is 57.7 Å². The van der Waals surface area contributed by atoms with Crippen molar-refractivity contribution >= 4 is 17.7 Å². The Morgan fingerprint density at radius 1 is 1.28 bits per heavy atom. The molecule has 1 saturated carbocycles. The first-order valence-corrected chi connectivity index (χ1v) is 9.91. The van der Waals surface area contributed by atoms with E-state index in [2.05, 4.69) is 54.5 Å². The van der Waals surface area contributed by atoms with Gasteiger partial charge in [-0.2, -0.15) is 0 Å². The summed E-state index contributed by atoms with van der Waals surface area (Å²) in [6.07, 6.45) is 6.31. The topological polar surface area (TPSA) is 59.8 Å². The van der Waals surface area contributed by atoms with Gasteiger partial charge < -0.3 is 5.32 Å². The molecular weight excluding hydrogens is 332 g/mol. The normalized spacial score (nSPS) is 20.4. The maximum Gasteiger partial charge on any atom is 0.230 e. The van der Waals surface area contributed by atoms with Crippen LogP contribution >= 0.6 is 11.8 Å². The Morgan fingerprint density at radius 3 is 2.76 bits per heavy atom. The van der Waals surface area contributed by atoms with Crippen molar-refractivity contribution in [1.82, 2.24) is 20.1 Å². The molecule has 1 amide bonds. The van der Waals surface area contributed by atoms with Crippen molar-refractivity contribution in [2.24, 2.45) is 5.92 Å². The molecule has 3 rings (SSSR count). The van der Waals surface area contributed by atoms with Gasteiger partial charge in [0.2, 0.25) is 5.91 Å². The van der Waals surface area contributed by atoms with Crippen LogP contribution in [0.5, 0.6) is 0 Å². The summed E-state index contributed by atoms with van der Waals surface area (Å²) in [4.78, 5) is 12.3. The Balaban J connectivity index is 1.59. The highest BCUT2D eigenvalue weighted by Gasteiger charge is 2.20. The first-order valence-electron chi connectivity index (χ1n) is 8.92. The molecule has 0 saturated heterocycles. The van der Waals surface area contributed by atoms with Gasteiger partial charge in [0.1, 0.15) is 6.33 Å². The van der Waals surface area contributed by atoms with Crippen molar-refractivity contribution in [3.63, 3.8) is 0 Å². The van der Waals surface area contributed by atoms with Gasteiger partial charge in [0.15, 0.2) is 5.16 Å². The lowest BCUT2D eigenvalue weighted by Gasteiger charge is -2.26. The van der Waals surface area contributed by atoms with E-state index in [0.29, 0.717) is 11.8 Å². The second-order valence-corrected chi connectivity index (χ2v) is 8.03. The van der Waals surface area contributed by atoms with Gasteiger partial charge in [0, 0.05) is 6.04 Å². The Hall–Kier alpha value is -1.82. The van der Waals surface area contributed by atoms with Gasteiger partial charge in [-0.15, -0.1) is 10.2 Å². The van der Waals surface area contributed by atoms with E-state index in [-0.39, 0.29) is 5.91 Å². The molecule has 1 heterocycles. The number of hydrogen-bond acceptors (Lipinski definition) is 4. The Morgan fingerprint density at radius 2 is 2.04 bits per heavy atom. The van der Waals surface area contributed by atoms with Crippen molar-refractivity contribution in [1.29, 1.82) is 0 Å². The van der Waals surface area contributed by atoms with Gasteiger partial charge in [0.05, 0.1) is 11.4 Å². The van der Waals surface area contributed by atoms with Gasteiger partial charge in [-0.25, -0.2) is 0 Å². The molecule has 0 atom stereocenters. The largest absolute Gasteiger partial charge is 0.353 e. The van der Waals surface area contributed by atoms with E-state index >= 15 is 0 Å². The number of nitrogens with zero attached hydrogens (tertiary/aromatic N) is 3. The fourth-order valence-electron chi connectivity index (χ4n) is 3.37. The van der Waals surface area contributed by atoms with E-state index in [1.165, 1.54) is 35.7 Å². The number of aromatic nitrogens is 3. The van der Waals surface area contributed by atoms with Crippen LogP contribution in [-0.4, -0.2) is 32.5 Å². The first-order chi connectivity index (χ1) is 12.0. The third-order valence-corrected chi connectivity index (χ3v) is 5.78. The molecule has 0 bridgehead atoms. The summed E-state index contributed by atoms with van der Waals surface area (Å²) in [6, 6.07) is 6.62. The predicted octanol–water partition coefficient (Wildman–Crippen LogP) is 3.67. The molecule has 1 fully saturated rings. The molecule has 1 aliphatic rings. The predicted molar refractivity (Wildman–Crippen MR) is 101 cm³/mol.